The predicted octanol–water partition coefficient (Wildman–Crippen LogP) is 1.67. The molecule has 2 atom stereocenters. The molecule has 6 heteroatoms. The molecule has 4 nitrogen and oxygen atoms in total. The average Bonchev–Trinajstić information content (AvgIpc) is 2.76. The van der Waals surface area contributed by atoms with E-state index in [1.54, 1.807) is 4.31 Å². The van der Waals surface area contributed by atoms with Gasteiger partial charge in [0.2, 0.25) is 10.0 Å². The largest absolute Gasteiger partial charge is 0.310 e. The maximum Gasteiger partial charge on any atom is 0.214 e. The zero-order valence-electron chi connectivity index (χ0n) is 12.0. The first-order valence-corrected chi connectivity index (χ1v) is 10.0. The SMILES string of the molecule is CCCS(=O)(=O)N1CCC(NC2CCSC2C)CC1. The van der Waals surface area contributed by atoms with E-state index in [-0.39, 0.29) is 0 Å². The van der Waals surface area contributed by atoms with Crippen LogP contribution in [0.15, 0.2) is 0 Å². The van der Waals surface area contributed by atoms with E-state index in [9.17, 15) is 8.42 Å². The number of rotatable bonds is 5. The van der Waals surface area contributed by atoms with E-state index in [0.29, 0.717) is 42.6 Å². The van der Waals surface area contributed by atoms with Crippen LogP contribution in [-0.4, -0.2) is 54.7 Å². The lowest BCUT2D eigenvalue weighted by molar-refractivity contribution is 0.272. The highest BCUT2D eigenvalue weighted by molar-refractivity contribution is 8.00. The Bertz CT molecular complexity index is 378. The fraction of sp³-hybridized carbons (Fsp3) is 1.00. The number of nitrogens with one attached hydrogen (secondary N) is 1. The third-order valence-electron chi connectivity index (χ3n) is 4.14. The maximum atomic E-state index is 12.0. The topological polar surface area (TPSA) is 49.4 Å². The molecule has 19 heavy (non-hydrogen) atoms. The summed E-state index contributed by atoms with van der Waals surface area (Å²) in [5.41, 5.74) is 0. The normalized spacial score (nSPS) is 30.8. The van der Waals surface area contributed by atoms with Crippen LogP contribution < -0.4 is 5.32 Å². The van der Waals surface area contributed by atoms with E-state index < -0.39 is 10.0 Å². The zero-order chi connectivity index (χ0) is 13.9. The van der Waals surface area contributed by atoms with Crippen LogP contribution in [0.2, 0.25) is 0 Å². The summed E-state index contributed by atoms with van der Waals surface area (Å²) in [7, 11) is -2.99. The minimum Gasteiger partial charge on any atom is -0.310 e. The first-order valence-electron chi connectivity index (χ1n) is 7.38. The van der Waals surface area contributed by atoms with Gasteiger partial charge in [-0.05, 0) is 31.4 Å². The van der Waals surface area contributed by atoms with Crippen LogP contribution in [0.3, 0.4) is 0 Å². The second-order valence-corrected chi connectivity index (χ2v) is 9.20. The molecule has 2 aliphatic heterocycles. The highest BCUT2D eigenvalue weighted by Crippen LogP contribution is 2.27. The number of piperidine rings is 1. The van der Waals surface area contributed by atoms with Crippen molar-refractivity contribution in [2.24, 2.45) is 0 Å². The molecule has 0 aromatic carbocycles. The van der Waals surface area contributed by atoms with Gasteiger partial charge in [0.1, 0.15) is 0 Å². The molecule has 0 amide bonds. The monoisotopic (exact) mass is 306 g/mol. The van der Waals surface area contributed by atoms with Gasteiger partial charge in [-0.25, -0.2) is 12.7 Å². The third kappa shape index (κ3) is 4.09. The highest BCUT2D eigenvalue weighted by Gasteiger charge is 2.30. The molecule has 2 rings (SSSR count). The van der Waals surface area contributed by atoms with Gasteiger partial charge in [0.05, 0.1) is 5.75 Å². The standard InChI is InChI=1S/C13H26N2O2S2/c1-3-10-19(16,17)15-7-4-12(5-8-15)14-13-6-9-18-11(13)2/h11-14H,3-10H2,1-2H3. The molecule has 2 aliphatic rings. The second kappa shape index (κ2) is 6.78. The molecule has 2 fully saturated rings. The van der Waals surface area contributed by atoms with Gasteiger partial charge in [-0.1, -0.05) is 13.8 Å². The Morgan fingerprint density at radius 2 is 1.95 bits per heavy atom. The summed E-state index contributed by atoms with van der Waals surface area (Å²) in [5.74, 6) is 1.55. The number of hydrogen-bond acceptors (Lipinski definition) is 4. The average molecular weight is 306 g/mol. The molecule has 0 saturated carbocycles. The van der Waals surface area contributed by atoms with Crippen LogP contribution in [0.1, 0.15) is 39.5 Å². The van der Waals surface area contributed by atoms with Gasteiger partial charge in [-0.3, -0.25) is 0 Å². The van der Waals surface area contributed by atoms with Crippen molar-refractivity contribution in [3.05, 3.63) is 0 Å². The van der Waals surface area contributed by atoms with E-state index in [1.165, 1.54) is 12.2 Å². The fourth-order valence-electron chi connectivity index (χ4n) is 2.94. The van der Waals surface area contributed by atoms with Gasteiger partial charge in [0, 0.05) is 30.4 Å². The lowest BCUT2D eigenvalue weighted by atomic mass is 10.0. The number of nitrogens with zero attached hydrogens (tertiary/aromatic N) is 1. The van der Waals surface area contributed by atoms with Crippen LogP contribution in [0.5, 0.6) is 0 Å². The molecule has 0 aliphatic carbocycles. The molecule has 1 N–H and O–H groups in total. The van der Waals surface area contributed by atoms with Crippen LogP contribution in [-0.2, 0) is 10.0 Å². The van der Waals surface area contributed by atoms with Crippen LogP contribution in [0.4, 0.5) is 0 Å². The Kier molecular flexibility index (Phi) is 5.57. The van der Waals surface area contributed by atoms with Crippen molar-refractivity contribution in [1.29, 1.82) is 0 Å². The summed E-state index contributed by atoms with van der Waals surface area (Å²) < 4.78 is 25.7. The Morgan fingerprint density at radius 1 is 1.26 bits per heavy atom. The van der Waals surface area contributed by atoms with Crippen molar-refractivity contribution in [3.63, 3.8) is 0 Å². The van der Waals surface area contributed by atoms with Gasteiger partial charge in [-0.2, -0.15) is 11.8 Å². The van der Waals surface area contributed by atoms with Crippen molar-refractivity contribution in [1.82, 2.24) is 9.62 Å². The third-order valence-corrected chi connectivity index (χ3v) is 7.54. The van der Waals surface area contributed by atoms with Crippen LogP contribution in [0.25, 0.3) is 0 Å². The smallest absolute Gasteiger partial charge is 0.214 e. The first-order chi connectivity index (χ1) is 9.03. The van der Waals surface area contributed by atoms with Crippen molar-refractivity contribution in [3.8, 4) is 0 Å². The van der Waals surface area contributed by atoms with Crippen molar-refractivity contribution < 1.29 is 8.42 Å². The maximum absolute atomic E-state index is 12.0. The Balaban J connectivity index is 1.79. The van der Waals surface area contributed by atoms with E-state index in [2.05, 4.69) is 12.2 Å². The molecular formula is C13H26N2O2S2. The molecule has 2 heterocycles. The molecule has 2 unspecified atom stereocenters. The van der Waals surface area contributed by atoms with E-state index >= 15 is 0 Å². The van der Waals surface area contributed by atoms with Crippen LogP contribution in [0, 0.1) is 0 Å². The van der Waals surface area contributed by atoms with Crippen molar-refractivity contribution >= 4 is 21.8 Å². The Hall–Kier alpha value is 0.220. The molecular weight excluding hydrogens is 280 g/mol. The lowest BCUT2D eigenvalue weighted by Crippen LogP contribution is -2.49. The minimum absolute atomic E-state index is 0.293. The second-order valence-electron chi connectivity index (χ2n) is 5.63. The van der Waals surface area contributed by atoms with E-state index in [1.807, 2.05) is 18.7 Å². The van der Waals surface area contributed by atoms with Crippen molar-refractivity contribution in [2.75, 3.05) is 24.6 Å². The van der Waals surface area contributed by atoms with E-state index in [0.717, 1.165) is 12.8 Å². The minimum atomic E-state index is -2.99. The molecule has 0 radical (unpaired) electrons. The first kappa shape index (κ1) is 15.6. The molecule has 0 aromatic rings. The van der Waals surface area contributed by atoms with Gasteiger partial charge in [-0.15, -0.1) is 0 Å². The summed E-state index contributed by atoms with van der Waals surface area (Å²) in [6.45, 7) is 5.59. The van der Waals surface area contributed by atoms with Gasteiger partial charge < -0.3 is 5.32 Å². The summed E-state index contributed by atoms with van der Waals surface area (Å²) in [6, 6.07) is 1.12. The summed E-state index contributed by atoms with van der Waals surface area (Å²) in [6.07, 6.45) is 3.87. The molecule has 0 spiro atoms. The Morgan fingerprint density at radius 3 is 2.47 bits per heavy atom. The number of thioether (sulfide) groups is 1. The van der Waals surface area contributed by atoms with Gasteiger partial charge in [0.15, 0.2) is 0 Å². The van der Waals surface area contributed by atoms with Gasteiger partial charge in [0.25, 0.3) is 0 Å². The molecule has 0 bridgehead atoms. The summed E-state index contributed by atoms with van der Waals surface area (Å²) in [5, 5.41) is 4.43. The number of sulfonamides is 1. The lowest BCUT2D eigenvalue weighted by Gasteiger charge is -2.33. The quantitative estimate of drug-likeness (QED) is 0.839. The van der Waals surface area contributed by atoms with Gasteiger partial charge >= 0.3 is 0 Å². The number of hydrogen-bond donors (Lipinski definition) is 1. The fourth-order valence-corrected chi connectivity index (χ4v) is 5.69. The molecule has 0 aromatic heterocycles. The predicted molar refractivity (Wildman–Crippen MR) is 82.1 cm³/mol. The summed E-state index contributed by atoms with van der Waals surface area (Å²) in [4.78, 5) is 0. The highest BCUT2D eigenvalue weighted by atomic mass is 32.2. The molecule has 2 saturated heterocycles. The molecule has 112 valence electrons. The zero-order valence-corrected chi connectivity index (χ0v) is 13.6. The summed E-state index contributed by atoms with van der Waals surface area (Å²) >= 11 is 2.04. The Labute approximate surface area is 121 Å². The van der Waals surface area contributed by atoms with Crippen molar-refractivity contribution in [2.45, 2.75) is 56.9 Å². The van der Waals surface area contributed by atoms with E-state index in [4.69, 9.17) is 0 Å². The van der Waals surface area contributed by atoms with Crippen LogP contribution >= 0.6 is 11.8 Å².